The summed E-state index contributed by atoms with van der Waals surface area (Å²) in [7, 11) is -4.72. The number of anilines is 1. The third kappa shape index (κ3) is 4.44. The van der Waals surface area contributed by atoms with Crippen molar-refractivity contribution in [2.45, 2.75) is 36.3 Å². The molecule has 1 aliphatic carbocycles. The summed E-state index contributed by atoms with van der Waals surface area (Å²) in [5.74, 6) is -0.303. The van der Waals surface area contributed by atoms with Gasteiger partial charge in [-0.15, -0.1) is 0 Å². The van der Waals surface area contributed by atoms with E-state index in [0.717, 1.165) is 24.0 Å². The fourth-order valence-electron chi connectivity index (χ4n) is 2.85. The second-order valence-corrected chi connectivity index (χ2v) is 10.7. The maximum Gasteiger partial charge on any atom is 0.261 e. The maximum absolute atomic E-state index is 12.6. The van der Waals surface area contributed by atoms with Crippen molar-refractivity contribution in [2.75, 3.05) is 17.5 Å². The van der Waals surface area contributed by atoms with Crippen LogP contribution in [-0.4, -0.2) is 36.1 Å². The average Bonchev–Trinajstić information content (AvgIpc) is 3.44. The molecular formula is C20H24N2O4S2. The molecule has 1 amide bonds. The predicted octanol–water partition coefficient (Wildman–Crippen LogP) is 2.75. The number of amides is 1. The molecular weight excluding hydrogens is 396 g/mol. The lowest BCUT2D eigenvalue weighted by atomic mass is 10.1. The Hall–Kier alpha value is -2.19. The van der Waals surface area contributed by atoms with Crippen LogP contribution in [0, 0.1) is 13.8 Å². The predicted molar refractivity (Wildman–Crippen MR) is 112 cm³/mol. The second kappa shape index (κ2) is 7.67. The zero-order chi connectivity index (χ0) is 20.5. The quantitative estimate of drug-likeness (QED) is 0.720. The zero-order valence-electron chi connectivity index (χ0n) is 16.1. The molecule has 8 heteroatoms. The Bertz CT molecular complexity index is 1030. The van der Waals surface area contributed by atoms with Gasteiger partial charge >= 0.3 is 0 Å². The van der Waals surface area contributed by atoms with Crippen molar-refractivity contribution in [3.05, 3.63) is 59.2 Å². The highest BCUT2D eigenvalue weighted by molar-refractivity contribution is 7.92. The van der Waals surface area contributed by atoms with E-state index in [-0.39, 0.29) is 15.5 Å². The Morgan fingerprint density at radius 3 is 2.25 bits per heavy atom. The van der Waals surface area contributed by atoms with Gasteiger partial charge in [-0.05, 0) is 74.2 Å². The van der Waals surface area contributed by atoms with Crippen LogP contribution >= 0.6 is 0 Å². The summed E-state index contributed by atoms with van der Waals surface area (Å²) in [4.78, 5) is 12.4. The molecule has 2 aromatic rings. The lowest BCUT2D eigenvalue weighted by molar-refractivity contribution is 0.0953. The van der Waals surface area contributed by atoms with Crippen molar-refractivity contribution in [1.29, 1.82) is 0 Å². The highest BCUT2D eigenvalue weighted by atomic mass is 32.2. The monoisotopic (exact) mass is 420 g/mol. The standard InChI is InChI=1S/C20H24N2O4S2/c1-14-4-7-17(12-15(14)2)22-28(25,26)18-8-5-16(6-9-18)19(23)21-13-20(10-11-20)27(3)24/h4-9,12,22H,10-11,13H2,1-3H3,(H,21,23). The van der Waals surface area contributed by atoms with Gasteiger partial charge < -0.3 is 5.32 Å². The molecule has 0 aromatic heterocycles. The number of rotatable bonds is 7. The van der Waals surface area contributed by atoms with Crippen molar-refractivity contribution in [1.82, 2.24) is 5.32 Å². The van der Waals surface area contributed by atoms with Crippen molar-refractivity contribution in [3.63, 3.8) is 0 Å². The molecule has 3 rings (SSSR count). The molecule has 0 radical (unpaired) electrons. The first-order valence-electron chi connectivity index (χ1n) is 8.95. The second-order valence-electron chi connectivity index (χ2n) is 7.25. The average molecular weight is 421 g/mol. The van der Waals surface area contributed by atoms with Crippen molar-refractivity contribution >= 4 is 32.4 Å². The summed E-state index contributed by atoms with van der Waals surface area (Å²) < 4.78 is 39.1. The molecule has 1 fully saturated rings. The van der Waals surface area contributed by atoms with E-state index in [1.54, 1.807) is 18.4 Å². The number of hydrogen-bond acceptors (Lipinski definition) is 4. The molecule has 0 aliphatic heterocycles. The van der Waals surface area contributed by atoms with Gasteiger partial charge in [0, 0.05) is 34.9 Å². The molecule has 28 heavy (non-hydrogen) atoms. The van der Waals surface area contributed by atoms with Crippen LogP contribution in [0.15, 0.2) is 47.4 Å². The van der Waals surface area contributed by atoms with Crippen LogP contribution in [0.4, 0.5) is 5.69 Å². The van der Waals surface area contributed by atoms with Crippen LogP contribution in [0.25, 0.3) is 0 Å². The minimum Gasteiger partial charge on any atom is -0.351 e. The van der Waals surface area contributed by atoms with Gasteiger partial charge in [0.25, 0.3) is 15.9 Å². The number of carbonyl (C=O) groups excluding carboxylic acids is 1. The molecule has 0 saturated heterocycles. The van der Waals surface area contributed by atoms with Gasteiger partial charge in [0.15, 0.2) is 0 Å². The molecule has 1 aliphatic rings. The molecule has 1 unspecified atom stereocenters. The number of sulfonamides is 1. The summed E-state index contributed by atoms with van der Waals surface area (Å²) in [6.07, 6.45) is 3.34. The number of nitrogens with one attached hydrogen (secondary N) is 2. The van der Waals surface area contributed by atoms with E-state index in [1.165, 1.54) is 24.3 Å². The SMILES string of the molecule is Cc1ccc(NS(=O)(=O)c2ccc(C(=O)NCC3(S(C)=O)CC3)cc2)cc1C. The fourth-order valence-corrected chi connectivity index (χ4v) is 4.86. The first kappa shape index (κ1) is 20.5. The lowest BCUT2D eigenvalue weighted by Gasteiger charge is -2.13. The van der Waals surface area contributed by atoms with E-state index in [0.29, 0.717) is 17.8 Å². The van der Waals surface area contributed by atoms with E-state index < -0.39 is 20.8 Å². The van der Waals surface area contributed by atoms with Gasteiger partial charge in [-0.1, -0.05) is 6.07 Å². The van der Waals surface area contributed by atoms with E-state index in [1.807, 2.05) is 19.9 Å². The van der Waals surface area contributed by atoms with Crippen molar-refractivity contribution in [3.8, 4) is 0 Å². The normalized spacial score (nSPS) is 16.2. The number of aryl methyl sites for hydroxylation is 2. The van der Waals surface area contributed by atoms with Gasteiger partial charge in [-0.2, -0.15) is 0 Å². The topological polar surface area (TPSA) is 92.3 Å². The smallest absolute Gasteiger partial charge is 0.261 e. The summed E-state index contributed by atoms with van der Waals surface area (Å²) >= 11 is 0. The third-order valence-corrected chi connectivity index (χ3v) is 8.34. The zero-order valence-corrected chi connectivity index (χ0v) is 17.7. The first-order valence-corrected chi connectivity index (χ1v) is 12.0. The number of hydrogen-bond donors (Lipinski definition) is 2. The Kier molecular flexibility index (Phi) is 5.63. The summed E-state index contributed by atoms with van der Waals surface area (Å²) in [6.45, 7) is 4.24. The molecule has 1 atom stereocenters. The van der Waals surface area contributed by atoms with Gasteiger partial charge in [0.2, 0.25) is 0 Å². The maximum atomic E-state index is 12.6. The molecule has 0 heterocycles. The Labute approximate surface area is 168 Å². The van der Waals surface area contributed by atoms with E-state index in [4.69, 9.17) is 0 Å². The minimum absolute atomic E-state index is 0.0793. The largest absolute Gasteiger partial charge is 0.351 e. The van der Waals surface area contributed by atoms with Gasteiger partial charge in [0.05, 0.1) is 9.64 Å². The highest BCUT2D eigenvalue weighted by Crippen LogP contribution is 2.40. The lowest BCUT2D eigenvalue weighted by Crippen LogP contribution is -2.35. The summed E-state index contributed by atoms with van der Waals surface area (Å²) in [5.41, 5.74) is 2.93. The molecule has 2 N–H and O–H groups in total. The molecule has 0 bridgehead atoms. The third-order valence-electron chi connectivity index (χ3n) is 5.17. The summed E-state index contributed by atoms with van der Waals surface area (Å²) in [5, 5.41) is 2.80. The highest BCUT2D eigenvalue weighted by Gasteiger charge is 2.46. The Balaban J connectivity index is 1.68. The minimum atomic E-state index is -3.74. The molecule has 150 valence electrons. The van der Waals surface area contributed by atoms with Crippen LogP contribution in [-0.2, 0) is 20.8 Å². The van der Waals surface area contributed by atoms with Gasteiger partial charge in [-0.25, -0.2) is 8.42 Å². The van der Waals surface area contributed by atoms with Crippen LogP contribution in [0.5, 0.6) is 0 Å². The van der Waals surface area contributed by atoms with E-state index in [2.05, 4.69) is 10.0 Å². The van der Waals surface area contributed by atoms with E-state index in [9.17, 15) is 17.4 Å². The molecule has 6 nitrogen and oxygen atoms in total. The fraction of sp³-hybridized carbons (Fsp3) is 0.350. The van der Waals surface area contributed by atoms with Gasteiger partial charge in [0.1, 0.15) is 0 Å². The van der Waals surface area contributed by atoms with Crippen molar-refractivity contribution < 1.29 is 17.4 Å². The van der Waals surface area contributed by atoms with Crippen LogP contribution in [0.3, 0.4) is 0 Å². The van der Waals surface area contributed by atoms with E-state index >= 15 is 0 Å². The molecule has 2 aromatic carbocycles. The molecule has 1 saturated carbocycles. The Morgan fingerprint density at radius 2 is 1.71 bits per heavy atom. The number of benzene rings is 2. The van der Waals surface area contributed by atoms with Crippen LogP contribution in [0.2, 0.25) is 0 Å². The Morgan fingerprint density at radius 1 is 1.07 bits per heavy atom. The van der Waals surface area contributed by atoms with Gasteiger partial charge in [-0.3, -0.25) is 13.7 Å². The van der Waals surface area contributed by atoms with Crippen molar-refractivity contribution in [2.24, 2.45) is 0 Å². The number of carbonyl (C=O) groups is 1. The first-order chi connectivity index (χ1) is 13.1. The molecule has 0 spiro atoms. The summed E-state index contributed by atoms with van der Waals surface area (Å²) in [6, 6.07) is 11.1. The van der Waals surface area contributed by atoms with Crippen LogP contribution < -0.4 is 10.0 Å². The van der Waals surface area contributed by atoms with Crippen LogP contribution in [0.1, 0.15) is 34.3 Å².